The summed E-state index contributed by atoms with van der Waals surface area (Å²) >= 11 is 5.87. The molecule has 4 aromatic rings. The second-order valence-electron chi connectivity index (χ2n) is 8.47. The molecule has 0 N–H and O–H groups in total. The quantitative estimate of drug-likeness (QED) is 0.227. The molecule has 0 aliphatic heterocycles. The topological polar surface area (TPSA) is 0 Å². The Bertz CT molecular complexity index is 1240. The minimum absolute atomic E-state index is 0.153. The predicted molar refractivity (Wildman–Crippen MR) is 132 cm³/mol. The first-order valence-electron chi connectivity index (χ1n) is 11.4. The zero-order valence-corrected chi connectivity index (χ0v) is 19.4. The fourth-order valence-corrected chi connectivity index (χ4v) is 4.40. The fourth-order valence-electron chi connectivity index (χ4n) is 4.27. The van der Waals surface area contributed by atoms with Crippen molar-refractivity contribution in [3.63, 3.8) is 0 Å². The van der Waals surface area contributed by atoms with Gasteiger partial charge in [0.15, 0.2) is 0 Å². The Morgan fingerprint density at radius 3 is 2.09 bits per heavy atom. The van der Waals surface area contributed by atoms with Crippen molar-refractivity contribution in [1.82, 2.24) is 0 Å². The van der Waals surface area contributed by atoms with Crippen LogP contribution in [0.4, 0.5) is 13.2 Å². The highest BCUT2D eigenvalue weighted by Gasteiger charge is 2.17. The minimum atomic E-state index is -0.745. The van der Waals surface area contributed by atoms with Crippen LogP contribution < -0.4 is 0 Å². The van der Waals surface area contributed by atoms with E-state index < -0.39 is 17.5 Å². The summed E-state index contributed by atoms with van der Waals surface area (Å²) in [6.07, 6.45) is 6.99. The van der Waals surface area contributed by atoms with Crippen molar-refractivity contribution >= 4 is 22.4 Å². The number of aryl methyl sites for hydroxylation is 1. The third kappa shape index (κ3) is 5.25. The molecule has 0 fully saturated rings. The Balaban J connectivity index is 1.62. The first-order chi connectivity index (χ1) is 16.0. The van der Waals surface area contributed by atoms with Crippen LogP contribution in [-0.2, 0) is 6.42 Å². The van der Waals surface area contributed by atoms with Crippen LogP contribution in [0.1, 0.15) is 44.6 Å². The van der Waals surface area contributed by atoms with Crippen LogP contribution in [-0.4, -0.2) is 0 Å². The van der Waals surface area contributed by atoms with Gasteiger partial charge in [0.2, 0.25) is 0 Å². The summed E-state index contributed by atoms with van der Waals surface area (Å²) < 4.78 is 45.1. The third-order valence-electron chi connectivity index (χ3n) is 6.07. The summed E-state index contributed by atoms with van der Waals surface area (Å²) in [7, 11) is 0. The van der Waals surface area contributed by atoms with E-state index in [1.54, 1.807) is 36.4 Å². The van der Waals surface area contributed by atoms with Crippen LogP contribution in [0.5, 0.6) is 0 Å². The van der Waals surface area contributed by atoms with Gasteiger partial charge in [0.05, 0.1) is 5.56 Å². The molecule has 4 aromatic carbocycles. The SMILES string of the molecule is CCCCCCCc1ccc2c(F)c(-c3cc(F)c(-c4ccc(Cl)cc4)c(F)c3)ccc2c1. The van der Waals surface area contributed by atoms with E-state index in [1.807, 2.05) is 18.2 Å². The predicted octanol–water partition coefficient (Wildman–Crippen LogP) is 9.76. The highest BCUT2D eigenvalue weighted by molar-refractivity contribution is 6.30. The summed E-state index contributed by atoms with van der Waals surface area (Å²) in [5.41, 5.74) is 1.75. The molecule has 0 atom stereocenters. The molecule has 0 unspecified atom stereocenters. The van der Waals surface area contributed by atoms with Gasteiger partial charge in [-0.2, -0.15) is 0 Å². The Kier molecular flexibility index (Phi) is 7.39. The van der Waals surface area contributed by atoms with Crippen LogP contribution in [0.15, 0.2) is 66.7 Å². The van der Waals surface area contributed by atoms with Crippen molar-refractivity contribution in [1.29, 1.82) is 0 Å². The Morgan fingerprint density at radius 2 is 1.39 bits per heavy atom. The van der Waals surface area contributed by atoms with Gasteiger partial charge in [0, 0.05) is 16.0 Å². The van der Waals surface area contributed by atoms with Crippen LogP contribution in [0, 0.1) is 17.5 Å². The molecule has 0 heterocycles. The maximum atomic E-state index is 15.3. The Morgan fingerprint density at radius 1 is 0.697 bits per heavy atom. The average molecular weight is 467 g/mol. The maximum absolute atomic E-state index is 15.3. The first-order valence-corrected chi connectivity index (χ1v) is 11.8. The van der Waals surface area contributed by atoms with Gasteiger partial charge in [0.1, 0.15) is 17.5 Å². The summed E-state index contributed by atoms with van der Waals surface area (Å²) in [4.78, 5) is 0. The normalized spacial score (nSPS) is 11.3. The summed E-state index contributed by atoms with van der Waals surface area (Å²) in [5.74, 6) is -1.96. The molecular weight excluding hydrogens is 441 g/mol. The Labute approximate surface area is 198 Å². The zero-order chi connectivity index (χ0) is 23.4. The fraction of sp³-hybridized carbons (Fsp3) is 0.241. The summed E-state index contributed by atoms with van der Waals surface area (Å²) in [5, 5.41) is 1.72. The number of rotatable bonds is 8. The average Bonchev–Trinajstić information content (AvgIpc) is 2.80. The smallest absolute Gasteiger partial charge is 0.138 e. The Hall–Kier alpha value is -2.78. The molecule has 4 heteroatoms. The van der Waals surface area contributed by atoms with Crippen molar-refractivity contribution in [2.45, 2.75) is 45.4 Å². The molecule has 0 aliphatic carbocycles. The second-order valence-corrected chi connectivity index (χ2v) is 8.91. The molecule has 0 bridgehead atoms. The van der Waals surface area contributed by atoms with Gasteiger partial charge in [0.25, 0.3) is 0 Å². The lowest BCUT2D eigenvalue weighted by atomic mass is 9.95. The molecule has 0 nitrogen and oxygen atoms in total. The third-order valence-corrected chi connectivity index (χ3v) is 6.33. The van der Waals surface area contributed by atoms with Gasteiger partial charge in [-0.25, -0.2) is 13.2 Å². The molecule has 0 saturated carbocycles. The number of hydrogen-bond donors (Lipinski definition) is 0. The molecular formula is C29H26ClF3. The number of benzene rings is 4. The second kappa shape index (κ2) is 10.4. The molecule has 0 amide bonds. The van der Waals surface area contributed by atoms with Crippen molar-refractivity contribution in [3.05, 3.63) is 94.8 Å². The van der Waals surface area contributed by atoms with E-state index >= 15 is 4.39 Å². The number of hydrogen-bond acceptors (Lipinski definition) is 0. The first kappa shape index (κ1) is 23.4. The van der Waals surface area contributed by atoms with E-state index in [0.29, 0.717) is 16.0 Å². The lowest BCUT2D eigenvalue weighted by Crippen LogP contribution is -1.95. The molecule has 170 valence electrons. The monoisotopic (exact) mass is 466 g/mol. The van der Waals surface area contributed by atoms with Crippen molar-refractivity contribution < 1.29 is 13.2 Å². The molecule has 0 radical (unpaired) electrons. The van der Waals surface area contributed by atoms with Crippen LogP contribution in [0.25, 0.3) is 33.0 Å². The van der Waals surface area contributed by atoms with E-state index in [4.69, 9.17) is 11.6 Å². The van der Waals surface area contributed by atoms with Crippen molar-refractivity contribution in [2.75, 3.05) is 0 Å². The van der Waals surface area contributed by atoms with Gasteiger partial charge in [-0.3, -0.25) is 0 Å². The van der Waals surface area contributed by atoms with Crippen LogP contribution in [0.3, 0.4) is 0 Å². The number of fused-ring (bicyclic) bond motifs is 1. The van der Waals surface area contributed by atoms with Crippen molar-refractivity contribution in [3.8, 4) is 22.3 Å². The number of unbranched alkanes of at least 4 members (excludes halogenated alkanes) is 4. The molecule has 0 saturated heterocycles. The zero-order valence-electron chi connectivity index (χ0n) is 18.6. The summed E-state index contributed by atoms with van der Waals surface area (Å²) in [6.45, 7) is 2.20. The van der Waals surface area contributed by atoms with Gasteiger partial charge in [-0.15, -0.1) is 0 Å². The lowest BCUT2D eigenvalue weighted by Gasteiger charge is -2.12. The lowest BCUT2D eigenvalue weighted by molar-refractivity contribution is 0.590. The van der Waals surface area contributed by atoms with Gasteiger partial charge in [-0.05, 0) is 59.2 Å². The van der Waals surface area contributed by atoms with E-state index in [0.717, 1.165) is 18.2 Å². The number of halogens is 4. The van der Waals surface area contributed by atoms with E-state index in [9.17, 15) is 8.78 Å². The van der Waals surface area contributed by atoms with E-state index in [1.165, 1.54) is 43.4 Å². The summed E-state index contributed by atoms with van der Waals surface area (Å²) in [6, 6.07) is 17.8. The molecule has 0 aromatic heterocycles. The van der Waals surface area contributed by atoms with Gasteiger partial charge >= 0.3 is 0 Å². The molecule has 4 rings (SSSR count). The van der Waals surface area contributed by atoms with Gasteiger partial charge < -0.3 is 0 Å². The molecule has 0 spiro atoms. The van der Waals surface area contributed by atoms with Gasteiger partial charge in [-0.1, -0.05) is 86.7 Å². The van der Waals surface area contributed by atoms with Crippen LogP contribution in [0.2, 0.25) is 5.02 Å². The van der Waals surface area contributed by atoms with Crippen LogP contribution >= 0.6 is 11.6 Å². The van der Waals surface area contributed by atoms with E-state index in [2.05, 4.69) is 6.92 Å². The largest absolute Gasteiger partial charge is 0.206 e. The molecule has 33 heavy (non-hydrogen) atoms. The van der Waals surface area contributed by atoms with Crippen molar-refractivity contribution in [2.24, 2.45) is 0 Å². The maximum Gasteiger partial charge on any atom is 0.138 e. The highest BCUT2D eigenvalue weighted by Crippen LogP contribution is 2.35. The molecule has 0 aliphatic rings. The standard InChI is InChI=1S/C29H26ClF3/c1-2-3-4-5-6-7-19-8-14-24-21(16-19)11-15-25(29(24)33)22-17-26(31)28(27(32)18-22)20-9-12-23(30)13-10-20/h8-18H,2-7H2,1H3. The highest BCUT2D eigenvalue weighted by atomic mass is 35.5. The minimum Gasteiger partial charge on any atom is -0.206 e. The van der Waals surface area contributed by atoms with E-state index in [-0.39, 0.29) is 16.7 Å².